The SMILES string of the molecule is CCCOc1ccc(Cl)cc1CNC(=O)C[C@@H]1C(=O)N(C)C(=O)N1C. The molecule has 1 aliphatic heterocycles. The molecule has 0 bridgehead atoms. The maximum absolute atomic E-state index is 12.2. The molecule has 1 N–H and O–H groups in total. The van der Waals surface area contributed by atoms with Crippen molar-refractivity contribution in [1.82, 2.24) is 15.1 Å². The van der Waals surface area contributed by atoms with Crippen molar-refractivity contribution in [2.75, 3.05) is 20.7 Å². The van der Waals surface area contributed by atoms with E-state index in [1.165, 1.54) is 19.0 Å². The lowest BCUT2D eigenvalue weighted by Gasteiger charge is -2.16. The van der Waals surface area contributed by atoms with E-state index in [-0.39, 0.29) is 24.8 Å². The summed E-state index contributed by atoms with van der Waals surface area (Å²) in [5.74, 6) is -0.0392. The average molecular weight is 368 g/mol. The molecular weight excluding hydrogens is 346 g/mol. The summed E-state index contributed by atoms with van der Waals surface area (Å²) in [4.78, 5) is 38.2. The molecule has 0 aliphatic carbocycles. The third-order valence-corrected chi connectivity index (χ3v) is 4.25. The number of amides is 4. The fraction of sp³-hybridized carbons (Fsp3) is 0.471. The lowest BCUT2D eigenvalue weighted by molar-refractivity contribution is -0.131. The molecule has 2 rings (SSSR count). The monoisotopic (exact) mass is 367 g/mol. The fourth-order valence-corrected chi connectivity index (χ4v) is 2.75. The molecular formula is C17H22ClN3O4. The summed E-state index contributed by atoms with van der Waals surface area (Å²) in [5.41, 5.74) is 0.758. The van der Waals surface area contributed by atoms with Crippen LogP contribution in [-0.4, -0.2) is 54.4 Å². The van der Waals surface area contributed by atoms with E-state index in [1.807, 2.05) is 6.92 Å². The van der Waals surface area contributed by atoms with Gasteiger partial charge >= 0.3 is 6.03 Å². The van der Waals surface area contributed by atoms with Crippen LogP contribution >= 0.6 is 11.6 Å². The average Bonchev–Trinajstić information content (AvgIpc) is 2.77. The highest BCUT2D eigenvalue weighted by molar-refractivity contribution is 6.30. The first-order valence-corrected chi connectivity index (χ1v) is 8.45. The van der Waals surface area contributed by atoms with Gasteiger partial charge in [0, 0.05) is 31.2 Å². The van der Waals surface area contributed by atoms with E-state index < -0.39 is 12.1 Å². The van der Waals surface area contributed by atoms with Crippen LogP contribution in [0.4, 0.5) is 4.79 Å². The number of rotatable bonds is 7. The first-order valence-electron chi connectivity index (χ1n) is 8.07. The van der Waals surface area contributed by atoms with Crippen molar-refractivity contribution in [2.45, 2.75) is 32.4 Å². The number of benzene rings is 1. The van der Waals surface area contributed by atoms with Crippen LogP contribution in [0.15, 0.2) is 18.2 Å². The van der Waals surface area contributed by atoms with E-state index >= 15 is 0 Å². The highest BCUT2D eigenvalue weighted by Crippen LogP contribution is 2.23. The molecule has 1 atom stereocenters. The van der Waals surface area contributed by atoms with Gasteiger partial charge in [0.15, 0.2) is 0 Å². The molecule has 0 unspecified atom stereocenters. The Kier molecular flexibility index (Phi) is 6.25. The van der Waals surface area contributed by atoms with Crippen LogP contribution < -0.4 is 10.1 Å². The zero-order valence-corrected chi connectivity index (χ0v) is 15.3. The zero-order chi connectivity index (χ0) is 18.6. The molecule has 25 heavy (non-hydrogen) atoms. The summed E-state index contributed by atoms with van der Waals surface area (Å²) < 4.78 is 5.65. The standard InChI is InChI=1S/C17H22ClN3O4/c1-4-7-25-14-6-5-12(18)8-11(14)10-19-15(22)9-13-16(23)21(3)17(24)20(13)2/h5-6,8,13H,4,7,9-10H2,1-3H3,(H,19,22)/t13-/m1/s1. The van der Waals surface area contributed by atoms with Crippen LogP contribution in [0.3, 0.4) is 0 Å². The molecule has 1 aliphatic rings. The van der Waals surface area contributed by atoms with Gasteiger partial charge in [-0.15, -0.1) is 0 Å². The third kappa shape index (κ3) is 4.42. The quantitative estimate of drug-likeness (QED) is 0.748. The second kappa shape index (κ2) is 8.20. The minimum Gasteiger partial charge on any atom is -0.493 e. The summed E-state index contributed by atoms with van der Waals surface area (Å²) in [5, 5.41) is 3.30. The first kappa shape index (κ1) is 19.1. The lowest BCUT2D eigenvalue weighted by atomic mass is 10.1. The van der Waals surface area contributed by atoms with Crippen LogP contribution in [0.25, 0.3) is 0 Å². The summed E-state index contributed by atoms with van der Waals surface area (Å²) in [6.45, 7) is 2.80. The van der Waals surface area contributed by atoms with Crippen molar-refractivity contribution >= 4 is 29.4 Å². The molecule has 1 aromatic rings. The molecule has 7 nitrogen and oxygen atoms in total. The lowest BCUT2D eigenvalue weighted by Crippen LogP contribution is -2.37. The Labute approximate surface area is 151 Å². The number of hydrogen-bond acceptors (Lipinski definition) is 4. The maximum atomic E-state index is 12.2. The minimum absolute atomic E-state index is 0.0862. The number of urea groups is 1. The second-order valence-corrected chi connectivity index (χ2v) is 6.32. The molecule has 1 fully saturated rings. The van der Waals surface area contributed by atoms with Crippen molar-refractivity contribution in [1.29, 1.82) is 0 Å². The Balaban J connectivity index is 1.97. The van der Waals surface area contributed by atoms with E-state index in [2.05, 4.69) is 5.32 Å². The number of ether oxygens (including phenoxy) is 1. The van der Waals surface area contributed by atoms with Crippen LogP contribution in [-0.2, 0) is 16.1 Å². The highest BCUT2D eigenvalue weighted by Gasteiger charge is 2.41. The number of halogens is 1. The van der Waals surface area contributed by atoms with E-state index in [0.717, 1.165) is 16.9 Å². The Morgan fingerprint density at radius 3 is 2.64 bits per heavy atom. The van der Waals surface area contributed by atoms with Gasteiger partial charge in [0.2, 0.25) is 5.91 Å². The number of hydrogen-bond donors (Lipinski definition) is 1. The van der Waals surface area contributed by atoms with E-state index in [4.69, 9.17) is 16.3 Å². The Bertz CT molecular complexity index is 680. The number of carbonyl (C=O) groups excluding carboxylic acids is 3. The van der Waals surface area contributed by atoms with Crippen molar-refractivity contribution in [3.8, 4) is 5.75 Å². The number of imide groups is 1. The molecule has 0 radical (unpaired) electrons. The van der Waals surface area contributed by atoms with Gasteiger partial charge in [0.05, 0.1) is 13.0 Å². The molecule has 0 saturated carbocycles. The molecule has 0 aromatic heterocycles. The second-order valence-electron chi connectivity index (χ2n) is 5.89. The van der Waals surface area contributed by atoms with E-state index in [0.29, 0.717) is 17.4 Å². The summed E-state index contributed by atoms with van der Waals surface area (Å²) >= 11 is 6.01. The predicted octanol–water partition coefficient (Wildman–Crippen LogP) is 2.03. The Morgan fingerprint density at radius 1 is 1.32 bits per heavy atom. The van der Waals surface area contributed by atoms with Crippen LogP contribution in [0, 0.1) is 0 Å². The Morgan fingerprint density at radius 2 is 2.04 bits per heavy atom. The summed E-state index contributed by atoms with van der Waals surface area (Å²) in [6, 6.07) is 4.05. The normalized spacial score (nSPS) is 17.2. The summed E-state index contributed by atoms with van der Waals surface area (Å²) in [6.07, 6.45) is 0.781. The van der Waals surface area contributed by atoms with E-state index in [1.54, 1.807) is 18.2 Å². The molecule has 1 aromatic carbocycles. The minimum atomic E-state index is -0.771. The fourth-order valence-electron chi connectivity index (χ4n) is 2.56. The van der Waals surface area contributed by atoms with Gasteiger partial charge in [-0.05, 0) is 24.6 Å². The first-order chi connectivity index (χ1) is 11.8. The van der Waals surface area contributed by atoms with Crippen LogP contribution in [0.2, 0.25) is 5.02 Å². The number of carbonyl (C=O) groups is 3. The van der Waals surface area contributed by atoms with Gasteiger partial charge in [-0.3, -0.25) is 14.5 Å². The van der Waals surface area contributed by atoms with Gasteiger partial charge < -0.3 is 15.0 Å². The molecule has 0 spiro atoms. The molecule has 4 amide bonds. The van der Waals surface area contributed by atoms with Gasteiger partial charge in [-0.1, -0.05) is 18.5 Å². The molecule has 1 saturated heterocycles. The zero-order valence-electron chi connectivity index (χ0n) is 14.5. The van der Waals surface area contributed by atoms with Crippen molar-refractivity contribution in [3.05, 3.63) is 28.8 Å². The topological polar surface area (TPSA) is 79.0 Å². The largest absolute Gasteiger partial charge is 0.493 e. The predicted molar refractivity (Wildman–Crippen MR) is 93.4 cm³/mol. The van der Waals surface area contributed by atoms with Gasteiger partial charge in [0.1, 0.15) is 11.8 Å². The van der Waals surface area contributed by atoms with Crippen LogP contribution in [0.1, 0.15) is 25.3 Å². The van der Waals surface area contributed by atoms with Gasteiger partial charge in [-0.25, -0.2) is 4.79 Å². The molecule has 136 valence electrons. The van der Waals surface area contributed by atoms with E-state index in [9.17, 15) is 14.4 Å². The highest BCUT2D eigenvalue weighted by atomic mass is 35.5. The third-order valence-electron chi connectivity index (χ3n) is 4.01. The van der Waals surface area contributed by atoms with Crippen molar-refractivity contribution in [3.63, 3.8) is 0 Å². The van der Waals surface area contributed by atoms with Gasteiger partial charge in [0.25, 0.3) is 5.91 Å². The smallest absolute Gasteiger partial charge is 0.326 e. The number of likely N-dealkylation sites (N-methyl/N-ethyl adjacent to an activating group) is 2. The van der Waals surface area contributed by atoms with Crippen LogP contribution in [0.5, 0.6) is 5.75 Å². The van der Waals surface area contributed by atoms with Gasteiger partial charge in [-0.2, -0.15) is 0 Å². The van der Waals surface area contributed by atoms with Crippen molar-refractivity contribution in [2.24, 2.45) is 0 Å². The molecule has 1 heterocycles. The number of nitrogens with one attached hydrogen (secondary N) is 1. The number of nitrogens with zero attached hydrogens (tertiary/aromatic N) is 2. The summed E-state index contributed by atoms with van der Waals surface area (Å²) in [7, 11) is 2.91. The molecule has 8 heteroatoms. The van der Waals surface area contributed by atoms with Crippen molar-refractivity contribution < 1.29 is 19.1 Å². The Hall–Kier alpha value is -2.28. The maximum Gasteiger partial charge on any atom is 0.326 e.